The summed E-state index contributed by atoms with van der Waals surface area (Å²) in [5.41, 5.74) is 2.64. The average molecular weight is 535 g/mol. The first kappa shape index (κ1) is 29.5. The Kier molecular flexibility index (Phi) is 15.1. The zero-order valence-electron chi connectivity index (χ0n) is 20.9. The molecule has 1 N–H and O–H groups in total. The predicted octanol–water partition coefficient (Wildman–Crippen LogP) is 8.66. The van der Waals surface area contributed by atoms with Gasteiger partial charge in [0.2, 0.25) is 0 Å². The number of ketones is 1. The number of aliphatic hydroxyl groups is 1. The molecule has 0 amide bonds. The van der Waals surface area contributed by atoms with Gasteiger partial charge in [0.05, 0.1) is 4.88 Å². The number of pyridine rings is 1. The molecule has 0 fully saturated rings. The lowest BCUT2D eigenvalue weighted by Crippen LogP contribution is -2.04. The highest BCUT2D eigenvalue weighted by molar-refractivity contribution is 9.10. The van der Waals surface area contributed by atoms with Crippen molar-refractivity contribution in [2.45, 2.75) is 79.6 Å². The van der Waals surface area contributed by atoms with E-state index in [1.54, 1.807) is 11.3 Å². The second kappa shape index (κ2) is 17.0. The van der Waals surface area contributed by atoms with Gasteiger partial charge >= 0.3 is 0 Å². The fourth-order valence-corrected chi connectivity index (χ4v) is 4.33. The molecule has 0 saturated carbocycles. The lowest BCUT2D eigenvalue weighted by atomic mass is 9.95. The Morgan fingerprint density at radius 2 is 1.73 bits per heavy atom. The summed E-state index contributed by atoms with van der Waals surface area (Å²) in [6.45, 7) is 10.8. The van der Waals surface area contributed by atoms with Crippen molar-refractivity contribution in [3.63, 3.8) is 0 Å². The minimum Gasteiger partial charge on any atom is -0.396 e. The molecule has 4 rings (SSSR count). The molecular weight excluding hydrogens is 494 g/mol. The standard InChI is InChI=1S/C14H15NOS.C6H5Br.C4H10O.C4H10/c1-2-12(16)13-8-10-7-9-5-3-4-6-11(9)15-14(10)17-13;7-6-4-2-1-3-5-6;1-2-3-4-5;1-4(2)3/h7-8H,2-6H2,1H3;1-5H;5H,2-4H2,1H3;4H,1-3H3. The Hall–Kier alpha value is -1.56. The van der Waals surface area contributed by atoms with Gasteiger partial charge in [-0.15, -0.1) is 11.3 Å². The van der Waals surface area contributed by atoms with Gasteiger partial charge in [-0.25, -0.2) is 4.98 Å². The van der Waals surface area contributed by atoms with Gasteiger partial charge in [-0.05, 0) is 67.9 Å². The van der Waals surface area contributed by atoms with Crippen LogP contribution < -0.4 is 0 Å². The van der Waals surface area contributed by atoms with E-state index >= 15 is 0 Å². The van der Waals surface area contributed by atoms with Crippen molar-refractivity contribution in [2.75, 3.05) is 6.61 Å². The van der Waals surface area contributed by atoms with Gasteiger partial charge in [-0.1, -0.05) is 75.2 Å². The molecule has 3 nitrogen and oxygen atoms in total. The molecule has 0 radical (unpaired) electrons. The highest BCUT2D eigenvalue weighted by Gasteiger charge is 2.15. The summed E-state index contributed by atoms with van der Waals surface area (Å²) in [5.74, 6) is 1.06. The maximum absolute atomic E-state index is 11.7. The predicted molar refractivity (Wildman–Crippen MR) is 148 cm³/mol. The summed E-state index contributed by atoms with van der Waals surface area (Å²) >= 11 is 4.85. The molecule has 182 valence electrons. The highest BCUT2D eigenvalue weighted by atomic mass is 79.9. The maximum atomic E-state index is 11.7. The van der Waals surface area contributed by atoms with Crippen LogP contribution in [0.4, 0.5) is 0 Å². The number of unbranched alkanes of at least 4 members (excludes halogenated alkanes) is 1. The Bertz CT molecular complexity index is 890. The van der Waals surface area contributed by atoms with E-state index < -0.39 is 0 Å². The molecule has 3 aromatic rings. The van der Waals surface area contributed by atoms with Crippen LogP contribution in [-0.2, 0) is 12.8 Å². The van der Waals surface area contributed by atoms with Gasteiger partial charge in [-0.2, -0.15) is 0 Å². The molecule has 0 unspecified atom stereocenters. The van der Waals surface area contributed by atoms with E-state index in [2.05, 4.69) is 49.7 Å². The number of aliphatic hydroxyl groups excluding tert-OH is 1. The van der Waals surface area contributed by atoms with Crippen LogP contribution in [0.25, 0.3) is 10.2 Å². The molecule has 0 aliphatic heterocycles. The largest absolute Gasteiger partial charge is 0.396 e. The number of hydrogen-bond acceptors (Lipinski definition) is 4. The van der Waals surface area contributed by atoms with Crippen molar-refractivity contribution in [2.24, 2.45) is 5.92 Å². The number of benzene rings is 1. The van der Waals surface area contributed by atoms with Crippen LogP contribution in [0.15, 0.2) is 46.9 Å². The number of thiophene rings is 1. The lowest BCUT2D eigenvalue weighted by molar-refractivity contribution is 0.0992. The summed E-state index contributed by atoms with van der Waals surface area (Å²) in [4.78, 5) is 18.3. The Morgan fingerprint density at radius 1 is 1.09 bits per heavy atom. The van der Waals surface area contributed by atoms with E-state index in [4.69, 9.17) is 10.1 Å². The summed E-state index contributed by atoms with van der Waals surface area (Å²) in [5, 5.41) is 9.21. The van der Waals surface area contributed by atoms with Gasteiger partial charge in [0.1, 0.15) is 4.83 Å². The number of hydrogen-bond donors (Lipinski definition) is 1. The van der Waals surface area contributed by atoms with Crippen LogP contribution in [0.3, 0.4) is 0 Å². The fourth-order valence-electron chi connectivity index (χ4n) is 2.98. The van der Waals surface area contributed by atoms with Crippen LogP contribution in [-0.4, -0.2) is 22.5 Å². The second-order valence-electron chi connectivity index (χ2n) is 8.69. The third kappa shape index (κ3) is 11.9. The number of rotatable bonds is 4. The minimum atomic E-state index is 0.228. The smallest absolute Gasteiger partial charge is 0.172 e. The van der Waals surface area contributed by atoms with E-state index in [1.807, 2.05) is 43.3 Å². The molecule has 33 heavy (non-hydrogen) atoms. The van der Waals surface area contributed by atoms with E-state index in [1.165, 1.54) is 24.1 Å². The molecule has 0 bridgehead atoms. The average Bonchev–Trinajstić information content (AvgIpc) is 3.21. The lowest BCUT2D eigenvalue weighted by Gasteiger charge is -2.13. The van der Waals surface area contributed by atoms with Crippen molar-refractivity contribution in [3.05, 3.63) is 63.1 Å². The quantitative estimate of drug-likeness (QED) is 0.341. The SMILES string of the molecule is Brc1ccccc1.CC(C)C.CCC(=O)c1cc2cc3c(nc2s1)CCCC3.CCCCO. The second-order valence-corrected chi connectivity index (χ2v) is 10.6. The zero-order chi connectivity index (χ0) is 24.6. The normalized spacial score (nSPS) is 11.9. The van der Waals surface area contributed by atoms with Crippen LogP contribution in [0.1, 0.15) is 87.7 Å². The molecule has 1 aromatic carbocycles. The van der Waals surface area contributed by atoms with Crippen LogP contribution in [0.5, 0.6) is 0 Å². The van der Waals surface area contributed by atoms with Gasteiger partial charge in [0.25, 0.3) is 0 Å². The van der Waals surface area contributed by atoms with Crippen molar-refractivity contribution in [1.29, 1.82) is 0 Å². The molecule has 0 spiro atoms. The summed E-state index contributed by atoms with van der Waals surface area (Å²) in [6.07, 6.45) is 7.37. The van der Waals surface area contributed by atoms with Crippen LogP contribution in [0.2, 0.25) is 0 Å². The molecule has 0 atom stereocenters. The van der Waals surface area contributed by atoms with E-state index in [0.717, 1.165) is 51.2 Å². The molecule has 2 heterocycles. The number of aryl methyl sites for hydroxylation is 2. The Balaban J connectivity index is 0.000000281. The van der Waals surface area contributed by atoms with E-state index in [-0.39, 0.29) is 5.78 Å². The molecule has 0 saturated heterocycles. The molecular formula is C28H40BrNO2S. The van der Waals surface area contributed by atoms with Crippen molar-refractivity contribution < 1.29 is 9.90 Å². The monoisotopic (exact) mass is 533 g/mol. The number of fused-ring (bicyclic) bond motifs is 2. The van der Waals surface area contributed by atoms with E-state index in [9.17, 15) is 4.79 Å². The number of Topliss-reactive ketones (excluding diaryl/α,β-unsaturated/α-hetero) is 1. The molecule has 1 aliphatic rings. The van der Waals surface area contributed by atoms with Crippen molar-refractivity contribution in [1.82, 2.24) is 4.98 Å². The summed E-state index contributed by atoms with van der Waals surface area (Å²) < 4.78 is 1.13. The Labute approximate surface area is 212 Å². The van der Waals surface area contributed by atoms with Gasteiger partial charge < -0.3 is 5.11 Å². The third-order valence-electron chi connectivity index (χ3n) is 4.63. The number of carbonyl (C=O) groups is 1. The molecule has 1 aliphatic carbocycles. The first-order valence-corrected chi connectivity index (χ1v) is 13.7. The first-order chi connectivity index (χ1) is 15.8. The number of aromatic nitrogens is 1. The topological polar surface area (TPSA) is 50.2 Å². The summed E-state index contributed by atoms with van der Waals surface area (Å²) in [7, 11) is 0. The number of carbonyl (C=O) groups excluding carboxylic acids is 1. The van der Waals surface area contributed by atoms with Crippen molar-refractivity contribution in [3.8, 4) is 0 Å². The van der Waals surface area contributed by atoms with Crippen molar-refractivity contribution >= 4 is 43.3 Å². The number of nitrogens with zero attached hydrogens (tertiary/aromatic N) is 1. The van der Waals surface area contributed by atoms with Crippen LogP contribution >= 0.6 is 27.3 Å². The van der Waals surface area contributed by atoms with Gasteiger partial charge in [-0.3, -0.25) is 4.79 Å². The third-order valence-corrected chi connectivity index (χ3v) is 6.24. The van der Waals surface area contributed by atoms with Crippen LogP contribution in [0, 0.1) is 5.92 Å². The Morgan fingerprint density at radius 3 is 2.21 bits per heavy atom. The fraction of sp³-hybridized carbons (Fsp3) is 0.500. The molecule has 2 aromatic heterocycles. The zero-order valence-corrected chi connectivity index (χ0v) is 23.3. The highest BCUT2D eigenvalue weighted by Crippen LogP contribution is 2.29. The van der Waals surface area contributed by atoms with E-state index in [0.29, 0.717) is 13.0 Å². The van der Waals surface area contributed by atoms with Gasteiger partial charge in [0.15, 0.2) is 5.78 Å². The van der Waals surface area contributed by atoms with Gasteiger partial charge in [0, 0.05) is 28.6 Å². The molecule has 5 heteroatoms. The number of halogens is 1. The maximum Gasteiger partial charge on any atom is 0.172 e. The summed E-state index contributed by atoms with van der Waals surface area (Å²) in [6, 6.07) is 14.2. The first-order valence-electron chi connectivity index (χ1n) is 12.1. The minimum absolute atomic E-state index is 0.228.